The minimum Gasteiger partial charge on any atom is -0.465 e. The Hall–Kier alpha value is -2.08. The summed E-state index contributed by atoms with van der Waals surface area (Å²) < 4.78 is 4.65. The molecule has 6 heteroatoms. The first kappa shape index (κ1) is 15.3. The van der Waals surface area contributed by atoms with Crippen LogP contribution in [0.15, 0.2) is 24.3 Å². The zero-order valence-corrected chi connectivity index (χ0v) is 12.1. The molecule has 1 aliphatic rings. The van der Waals surface area contributed by atoms with Crippen LogP contribution in [0.2, 0.25) is 0 Å². The van der Waals surface area contributed by atoms with Gasteiger partial charge in [-0.15, -0.1) is 0 Å². The van der Waals surface area contributed by atoms with Gasteiger partial charge in [-0.1, -0.05) is 18.9 Å². The summed E-state index contributed by atoms with van der Waals surface area (Å²) >= 11 is 0. The van der Waals surface area contributed by atoms with Crippen LogP contribution in [0.1, 0.15) is 36.0 Å². The molecular formula is C15H21N3O3. The predicted molar refractivity (Wildman–Crippen MR) is 80.2 cm³/mol. The number of urea groups is 1. The fraction of sp³-hybridized carbons (Fsp3) is 0.467. The van der Waals surface area contributed by atoms with Crippen LogP contribution >= 0.6 is 0 Å². The van der Waals surface area contributed by atoms with Crippen molar-refractivity contribution in [1.82, 2.24) is 5.32 Å². The van der Waals surface area contributed by atoms with E-state index >= 15 is 0 Å². The third kappa shape index (κ3) is 4.19. The molecule has 1 fully saturated rings. The lowest BCUT2D eigenvalue weighted by Crippen LogP contribution is -2.50. The summed E-state index contributed by atoms with van der Waals surface area (Å²) in [4.78, 5) is 23.4. The van der Waals surface area contributed by atoms with E-state index in [0.29, 0.717) is 11.3 Å². The molecule has 2 unspecified atom stereocenters. The molecule has 1 aromatic carbocycles. The topological polar surface area (TPSA) is 93.4 Å². The molecule has 4 N–H and O–H groups in total. The predicted octanol–water partition coefficient (Wildman–Crippen LogP) is 1.86. The zero-order chi connectivity index (χ0) is 15.2. The number of methoxy groups -OCH3 is 1. The number of amides is 2. The largest absolute Gasteiger partial charge is 0.465 e. The van der Waals surface area contributed by atoms with Crippen molar-refractivity contribution in [2.75, 3.05) is 12.4 Å². The number of carbonyl (C=O) groups excluding carboxylic acids is 2. The number of esters is 1. The molecule has 21 heavy (non-hydrogen) atoms. The standard InChI is InChI=1S/C15H21N3O3/c1-21-14(19)10-5-4-6-11(9-10)17-15(20)18-13-8-3-2-7-12(13)16/h4-6,9,12-13H,2-3,7-8,16H2,1H3,(H2,17,18,20). The fourth-order valence-electron chi connectivity index (χ4n) is 2.52. The van der Waals surface area contributed by atoms with Gasteiger partial charge in [-0.3, -0.25) is 0 Å². The fourth-order valence-corrected chi connectivity index (χ4v) is 2.52. The van der Waals surface area contributed by atoms with E-state index in [1.54, 1.807) is 24.3 Å². The highest BCUT2D eigenvalue weighted by Gasteiger charge is 2.23. The smallest absolute Gasteiger partial charge is 0.337 e. The number of hydrogen-bond acceptors (Lipinski definition) is 4. The summed E-state index contributed by atoms with van der Waals surface area (Å²) in [5.74, 6) is -0.437. The van der Waals surface area contributed by atoms with E-state index in [4.69, 9.17) is 5.73 Å². The van der Waals surface area contributed by atoms with Gasteiger partial charge in [0.15, 0.2) is 0 Å². The molecule has 2 amide bonds. The lowest BCUT2D eigenvalue weighted by Gasteiger charge is -2.29. The van der Waals surface area contributed by atoms with E-state index in [1.807, 2.05) is 0 Å². The van der Waals surface area contributed by atoms with Crippen molar-refractivity contribution in [3.05, 3.63) is 29.8 Å². The molecule has 0 saturated heterocycles. The average molecular weight is 291 g/mol. The van der Waals surface area contributed by atoms with E-state index in [-0.39, 0.29) is 18.1 Å². The van der Waals surface area contributed by atoms with Crippen LogP contribution in [0.4, 0.5) is 10.5 Å². The van der Waals surface area contributed by atoms with Crippen molar-refractivity contribution in [1.29, 1.82) is 0 Å². The van der Waals surface area contributed by atoms with E-state index in [1.165, 1.54) is 7.11 Å². The Morgan fingerprint density at radius 1 is 1.29 bits per heavy atom. The van der Waals surface area contributed by atoms with Gasteiger partial charge in [0, 0.05) is 17.8 Å². The maximum absolute atomic E-state index is 12.0. The Balaban J connectivity index is 1.94. The number of hydrogen-bond donors (Lipinski definition) is 3. The van der Waals surface area contributed by atoms with Gasteiger partial charge in [0.05, 0.1) is 12.7 Å². The maximum Gasteiger partial charge on any atom is 0.337 e. The first-order valence-corrected chi connectivity index (χ1v) is 7.11. The Kier molecular flexibility index (Phi) is 5.16. The summed E-state index contributed by atoms with van der Waals surface area (Å²) in [7, 11) is 1.32. The van der Waals surface area contributed by atoms with Gasteiger partial charge in [-0.05, 0) is 31.0 Å². The first-order chi connectivity index (χ1) is 10.1. The first-order valence-electron chi connectivity index (χ1n) is 7.11. The van der Waals surface area contributed by atoms with Gasteiger partial charge >= 0.3 is 12.0 Å². The summed E-state index contributed by atoms with van der Waals surface area (Å²) in [5.41, 5.74) is 6.93. The van der Waals surface area contributed by atoms with Crippen molar-refractivity contribution in [2.45, 2.75) is 37.8 Å². The van der Waals surface area contributed by atoms with Gasteiger partial charge in [-0.25, -0.2) is 9.59 Å². The SMILES string of the molecule is COC(=O)c1cccc(NC(=O)NC2CCCCC2N)c1. The third-order valence-electron chi connectivity index (χ3n) is 3.68. The highest BCUT2D eigenvalue weighted by molar-refractivity contribution is 5.93. The molecule has 1 aromatic rings. The lowest BCUT2D eigenvalue weighted by molar-refractivity contribution is 0.0600. The molecule has 6 nitrogen and oxygen atoms in total. The highest BCUT2D eigenvalue weighted by Crippen LogP contribution is 2.17. The van der Waals surface area contributed by atoms with Gasteiger partial charge < -0.3 is 21.1 Å². The Morgan fingerprint density at radius 2 is 2.05 bits per heavy atom. The zero-order valence-electron chi connectivity index (χ0n) is 12.1. The van der Waals surface area contributed by atoms with Crippen molar-refractivity contribution in [2.24, 2.45) is 5.73 Å². The molecule has 2 atom stereocenters. The van der Waals surface area contributed by atoms with Crippen LogP contribution in [0.25, 0.3) is 0 Å². The number of rotatable bonds is 3. The number of ether oxygens (including phenoxy) is 1. The Labute approximate surface area is 124 Å². The molecule has 1 saturated carbocycles. The molecule has 1 aliphatic carbocycles. The van der Waals surface area contributed by atoms with E-state index in [0.717, 1.165) is 25.7 Å². The number of carbonyl (C=O) groups is 2. The van der Waals surface area contributed by atoms with Crippen LogP contribution in [0.5, 0.6) is 0 Å². The van der Waals surface area contributed by atoms with Gasteiger partial charge in [0.2, 0.25) is 0 Å². The maximum atomic E-state index is 12.0. The molecule has 0 spiro atoms. The van der Waals surface area contributed by atoms with Gasteiger partial charge in [0.1, 0.15) is 0 Å². The van der Waals surface area contributed by atoms with Crippen LogP contribution in [-0.2, 0) is 4.74 Å². The van der Waals surface area contributed by atoms with Crippen LogP contribution in [0.3, 0.4) is 0 Å². The second-order valence-electron chi connectivity index (χ2n) is 5.23. The highest BCUT2D eigenvalue weighted by atomic mass is 16.5. The minimum atomic E-state index is -0.437. The average Bonchev–Trinajstić information content (AvgIpc) is 2.49. The molecule has 2 rings (SSSR count). The van der Waals surface area contributed by atoms with E-state index in [9.17, 15) is 9.59 Å². The van der Waals surface area contributed by atoms with Crippen LogP contribution in [-0.4, -0.2) is 31.2 Å². The number of nitrogens with one attached hydrogen (secondary N) is 2. The number of anilines is 1. The molecule has 0 aromatic heterocycles. The molecular weight excluding hydrogens is 270 g/mol. The number of benzene rings is 1. The quantitative estimate of drug-likeness (QED) is 0.741. The van der Waals surface area contributed by atoms with Crippen LogP contribution < -0.4 is 16.4 Å². The van der Waals surface area contributed by atoms with Gasteiger partial charge in [0.25, 0.3) is 0 Å². The molecule has 0 radical (unpaired) electrons. The van der Waals surface area contributed by atoms with Crippen molar-refractivity contribution in [3.63, 3.8) is 0 Å². The van der Waals surface area contributed by atoms with E-state index < -0.39 is 5.97 Å². The second kappa shape index (κ2) is 7.08. The minimum absolute atomic E-state index is 0.00235. The Bertz CT molecular complexity index is 519. The summed E-state index contributed by atoms with van der Waals surface area (Å²) in [5, 5.41) is 5.60. The van der Waals surface area contributed by atoms with Gasteiger partial charge in [-0.2, -0.15) is 0 Å². The Morgan fingerprint density at radius 3 is 2.76 bits per heavy atom. The van der Waals surface area contributed by atoms with Crippen molar-refractivity contribution >= 4 is 17.7 Å². The molecule has 0 bridgehead atoms. The summed E-state index contributed by atoms with van der Waals surface area (Å²) in [6.07, 6.45) is 4.03. The van der Waals surface area contributed by atoms with Crippen LogP contribution in [0, 0.1) is 0 Å². The molecule has 0 heterocycles. The summed E-state index contributed by atoms with van der Waals surface area (Å²) in [6.45, 7) is 0. The normalized spacial score (nSPS) is 21.4. The third-order valence-corrected chi connectivity index (χ3v) is 3.68. The molecule has 114 valence electrons. The monoisotopic (exact) mass is 291 g/mol. The van der Waals surface area contributed by atoms with E-state index in [2.05, 4.69) is 15.4 Å². The number of nitrogens with two attached hydrogens (primary N) is 1. The summed E-state index contributed by atoms with van der Waals surface area (Å²) in [6, 6.07) is 6.31. The second-order valence-corrected chi connectivity index (χ2v) is 5.23. The van der Waals surface area contributed by atoms with Crippen molar-refractivity contribution < 1.29 is 14.3 Å². The molecule has 0 aliphatic heterocycles. The van der Waals surface area contributed by atoms with Crippen molar-refractivity contribution in [3.8, 4) is 0 Å². The lowest BCUT2D eigenvalue weighted by atomic mass is 9.91.